The Hall–Kier alpha value is -1.59. The molecule has 1 heterocycles. The third kappa shape index (κ3) is 14.9. The molecular weight excluding hydrogens is 434 g/mol. The van der Waals surface area contributed by atoms with Gasteiger partial charge in [0, 0.05) is 30.8 Å². The van der Waals surface area contributed by atoms with Crippen LogP contribution in [0.1, 0.15) is 72.1 Å². The Morgan fingerprint density at radius 3 is 2.29 bits per heavy atom. The molecule has 0 aliphatic carbocycles. The van der Waals surface area contributed by atoms with Gasteiger partial charge in [0.2, 0.25) is 16.2 Å². The van der Waals surface area contributed by atoms with E-state index < -0.39 is 0 Å². The molecule has 3 amide bonds. The summed E-state index contributed by atoms with van der Waals surface area (Å²) < 4.78 is 4.22. The number of hydrogen-bond donors (Lipinski definition) is 4. The molecule has 0 aliphatic rings. The molecule has 11 heteroatoms. The molecule has 178 valence electrons. The van der Waals surface area contributed by atoms with E-state index in [9.17, 15) is 9.59 Å². The first-order valence-corrected chi connectivity index (χ1v) is 13.0. The molecule has 0 aromatic carbocycles. The van der Waals surface area contributed by atoms with Crippen LogP contribution >= 0.6 is 23.3 Å². The molecule has 9 nitrogen and oxygen atoms in total. The molecule has 0 saturated carbocycles. The van der Waals surface area contributed by atoms with Crippen LogP contribution in [0.2, 0.25) is 0 Å². The molecule has 4 N–H and O–H groups in total. The van der Waals surface area contributed by atoms with Crippen molar-refractivity contribution in [2.75, 3.05) is 37.5 Å². The first-order valence-electron chi connectivity index (χ1n) is 11.3. The number of carbonyl (C=O) groups is 2. The highest BCUT2D eigenvalue weighted by Crippen LogP contribution is 2.18. The van der Waals surface area contributed by atoms with Crippen molar-refractivity contribution in [3.05, 3.63) is 0 Å². The number of hydrazine groups is 1. The Balaban J connectivity index is 2.28. The molecule has 0 atom stereocenters. The molecule has 1 aromatic heterocycles. The average molecular weight is 474 g/mol. The Morgan fingerprint density at radius 1 is 1.00 bits per heavy atom. The fourth-order valence-corrected chi connectivity index (χ4v) is 4.17. The quantitative estimate of drug-likeness (QED) is 0.111. The van der Waals surface area contributed by atoms with E-state index in [0.29, 0.717) is 29.3 Å². The number of aromatic nitrogens is 2. The lowest BCUT2D eigenvalue weighted by Gasteiger charge is -2.22. The van der Waals surface area contributed by atoms with Crippen LogP contribution < -0.4 is 21.5 Å². The summed E-state index contributed by atoms with van der Waals surface area (Å²) in [6, 6.07) is -0.290. The minimum atomic E-state index is -0.290. The van der Waals surface area contributed by atoms with Gasteiger partial charge in [-0.3, -0.25) is 15.1 Å². The van der Waals surface area contributed by atoms with Crippen LogP contribution in [0.4, 0.5) is 9.93 Å². The maximum absolute atomic E-state index is 12.2. The van der Waals surface area contributed by atoms with Gasteiger partial charge in [0.25, 0.3) is 0 Å². The van der Waals surface area contributed by atoms with E-state index in [1.165, 1.54) is 68.7 Å². The Kier molecular flexibility index (Phi) is 16.0. The van der Waals surface area contributed by atoms with Crippen LogP contribution in [0.3, 0.4) is 0 Å². The highest BCUT2D eigenvalue weighted by Gasteiger charge is 2.09. The molecule has 0 aliphatic heterocycles. The minimum Gasteiger partial charge on any atom is -0.356 e. The predicted octanol–water partition coefficient (Wildman–Crippen LogP) is 3.81. The maximum Gasteiger partial charge on any atom is 0.334 e. The number of rotatable bonds is 18. The van der Waals surface area contributed by atoms with Gasteiger partial charge >= 0.3 is 6.03 Å². The first kappa shape index (κ1) is 27.4. The van der Waals surface area contributed by atoms with Crippen LogP contribution in [0.5, 0.6) is 0 Å². The van der Waals surface area contributed by atoms with E-state index in [4.69, 9.17) is 0 Å². The van der Waals surface area contributed by atoms with Crippen molar-refractivity contribution in [2.24, 2.45) is 0 Å². The predicted molar refractivity (Wildman–Crippen MR) is 129 cm³/mol. The Morgan fingerprint density at radius 2 is 1.68 bits per heavy atom. The monoisotopic (exact) mass is 473 g/mol. The number of anilines is 1. The molecule has 0 radical (unpaired) electrons. The summed E-state index contributed by atoms with van der Waals surface area (Å²) in [5.74, 6) is 0.639. The second-order valence-electron chi connectivity index (χ2n) is 7.37. The SMILES string of the molecule is CCCCCCN(CCCCCC)CNC(=O)NNc1nc(SCCNC(C)=O)ns1. The molecular formula is C20H39N7O2S2. The lowest BCUT2D eigenvalue weighted by atomic mass is 10.2. The zero-order valence-electron chi connectivity index (χ0n) is 19.2. The van der Waals surface area contributed by atoms with E-state index >= 15 is 0 Å². The number of urea groups is 1. The van der Waals surface area contributed by atoms with E-state index in [0.717, 1.165) is 25.9 Å². The number of unbranched alkanes of at least 4 members (excludes halogenated alkanes) is 6. The van der Waals surface area contributed by atoms with Gasteiger partial charge in [-0.05, 0) is 25.9 Å². The van der Waals surface area contributed by atoms with Crippen molar-refractivity contribution in [3.8, 4) is 0 Å². The number of nitrogens with one attached hydrogen (secondary N) is 4. The van der Waals surface area contributed by atoms with E-state index in [-0.39, 0.29) is 11.9 Å². The molecule has 1 aromatic rings. The van der Waals surface area contributed by atoms with Crippen molar-refractivity contribution in [1.29, 1.82) is 0 Å². The minimum absolute atomic E-state index is 0.0510. The van der Waals surface area contributed by atoms with Crippen LogP contribution in [-0.4, -0.2) is 58.3 Å². The number of amides is 3. The standard InChI is InChI=1S/C20H39N7O2S2/c1-4-6-8-10-13-27(14-11-9-7-5-2)16-22-18(29)24-25-19-23-20(26-31-19)30-15-12-21-17(3)28/h4-16H2,1-3H3,(H,21,28)(H2,22,24,29)(H,23,25,26). The van der Waals surface area contributed by atoms with Gasteiger partial charge in [-0.25, -0.2) is 10.2 Å². The maximum atomic E-state index is 12.2. The van der Waals surface area contributed by atoms with Gasteiger partial charge < -0.3 is 10.6 Å². The number of carbonyl (C=O) groups excluding carboxylic acids is 2. The van der Waals surface area contributed by atoms with Crippen molar-refractivity contribution in [1.82, 2.24) is 30.3 Å². The van der Waals surface area contributed by atoms with Crippen LogP contribution in [-0.2, 0) is 4.79 Å². The number of nitrogens with zero attached hydrogens (tertiary/aromatic N) is 3. The van der Waals surface area contributed by atoms with Crippen LogP contribution in [0.25, 0.3) is 0 Å². The smallest absolute Gasteiger partial charge is 0.334 e. The summed E-state index contributed by atoms with van der Waals surface area (Å²) in [6.07, 6.45) is 9.77. The molecule has 0 unspecified atom stereocenters. The first-order chi connectivity index (χ1) is 15.0. The third-order valence-corrected chi connectivity index (χ3v) is 6.11. The van der Waals surface area contributed by atoms with Gasteiger partial charge in [-0.2, -0.15) is 9.36 Å². The Labute approximate surface area is 195 Å². The van der Waals surface area contributed by atoms with E-state index in [1.54, 1.807) is 0 Å². The van der Waals surface area contributed by atoms with Crippen molar-refractivity contribution >= 4 is 40.4 Å². The zero-order valence-corrected chi connectivity index (χ0v) is 20.8. The average Bonchev–Trinajstić information content (AvgIpc) is 3.21. The lowest BCUT2D eigenvalue weighted by Crippen LogP contribution is -2.45. The summed E-state index contributed by atoms with van der Waals surface area (Å²) in [5.41, 5.74) is 5.42. The summed E-state index contributed by atoms with van der Waals surface area (Å²) in [7, 11) is 0. The van der Waals surface area contributed by atoms with Crippen LogP contribution in [0.15, 0.2) is 5.16 Å². The molecule has 0 bridgehead atoms. The Bertz CT molecular complexity index is 604. The lowest BCUT2D eigenvalue weighted by molar-refractivity contribution is -0.118. The normalized spacial score (nSPS) is 10.8. The van der Waals surface area contributed by atoms with Gasteiger partial charge in [-0.1, -0.05) is 64.1 Å². The molecule has 0 fully saturated rings. The summed E-state index contributed by atoms with van der Waals surface area (Å²) in [4.78, 5) is 29.6. The van der Waals surface area contributed by atoms with Crippen molar-refractivity contribution < 1.29 is 9.59 Å². The second kappa shape index (κ2) is 18.0. The topological polar surface area (TPSA) is 111 Å². The molecule has 1 rings (SSSR count). The summed E-state index contributed by atoms with van der Waals surface area (Å²) in [6.45, 7) is 9.04. The van der Waals surface area contributed by atoms with Gasteiger partial charge in [0.05, 0.1) is 6.67 Å². The van der Waals surface area contributed by atoms with Gasteiger partial charge in [-0.15, -0.1) is 0 Å². The molecule has 0 spiro atoms. The molecule has 31 heavy (non-hydrogen) atoms. The van der Waals surface area contributed by atoms with Gasteiger partial charge in [0.15, 0.2) is 0 Å². The number of hydrogen-bond acceptors (Lipinski definition) is 8. The number of thioether (sulfide) groups is 1. The van der Waals surface area contributed by atoms with Crippen molar-refractivity contribution in [2.45, 2.75) is 77.3 Å². The fraction of sp³-hybridized carbons (Fsp3) is 0.800. The zero-order chi connectivity index (χ0) is 22.7. The fourth-order valence-electron chi connectivity index (χ4n) is 2.82. The van der Waals surface area contributed by atoms with E-state index in [1.807, 2.05) is 0 Å². The second-order valence-corrected chi connectivity index (χ2v) is 9.18. The highest BCUT2D eigenvalue weighted by atomic mass is 32.2. The third-order valence-electron chi connectivity index (χ3n) is 4.52. The largest absolute Gasteiger partial charge is 0.356 e. The van der Waals surface area contributed by atoms with Crippen molar-refractivity contribution in [3.63, 3.8) is 0 Å². The highest BCUT2D eigenvalue weighted by molar-refractivity contribution is 7.99. The summed E-state index contributed by atoms with van der Waals surface area (Å²) >= 11 is 2.63. The van der Waals surface area contributed by atoms with Gasteiger partial charge in [0.1, 0.15) is 0 Å². The van der Waals surface area contributed by atoms with Crippen LogP contribution in [0, 0.1) is 0 Å². The summed E-state index contributed by atoms with van der Waals surface area (Å²) in [5, 5.41) is 6.78. The van der Waals surface area contributed by atoms with E-state index in [2.05, 4.69) is 49.6 Å². The molecule has 0 saturated heterocycles.